The van der Waals surface area contributed by atoms with Crippen LogP contribution in [0.5, 0.6) is 0 Å². The topological polar surface area (TPSA) is 67.4 Å². The van der Waals surface area contributed by atoms with Crippen molar-refractivity contribution < 1.29 is 27.5 Å². The molecule has 3 atom stereocenters. The van der Waals surface area contributed by atoms with E-state index < -0.39 is 23.9 Å². The van der Waals surface area contributed by atoms with Crippen LogP contribution in [0.1, 0.15) is 59.3 Å². The molecule has 0 radical (unpaired) electrons. The highest BCUT2D eigenvalue weighted by molar-refractivity contribution is 5.82. The fourth-order valence-electron chi connectivity index (χ4n) is 3.03. The summed E-state index contributed by atoms with van der Waals surface area (Å²) >= 11 is 0. The molecule has 146 valence electrons. The summed E-state index contributed by atoms with van der Waals surface area (Å²) in [6.07, 6.45) is -2.50. The average molecular weight is 366 g/mol. The average Bonchev–Trinajstić information content (AvgIpc) is 2.46. The van der Waals surface area contributed by atoms with Gasteiger partial charge in [-0.05, 0) is 19.8 Å². The quantitative estimate of drug-likeness (QED) is 0.728. The van der Waals surface area contributed by atoms with Crippen molar-refractivity contribution in [3.63, 3.8) is 0 Å². The van der Waals surface area contributed by atoms with E-state index in [-0.39, 0.29) is 30.5 Å². The Hall–Kier alpha value is -1.31. The van der Waals surface area contributed by atoms with Crippen molar-refractivity contribution >= 4 is 11.8 Å². The number of carbonyl (C=O) groups excluding carboxylic acids is 2. The number of hydrogen-bond donors (Lipinski definition) is 2. The van der Waals surface area contributed by atoms with Crippen molar-refractivity contribution in [3.05, 3.63) is 0 Å². The molecule has 1 aliphatic rings. The molecule has 0 aromatic rings. The molecule has 2 N–H and O–H groups in total. The normalized spacial score (nSPS) is 23.0. The minimum atomic E-state index is -4.41. The molecule has 5 nitrogen and oxygen atoms in total. The van der Waals surface area contributed by atoms with Gasteiger partial charge in [-0.2, -0.15) is 13.2 Å². The summed E-state index contributed by atoms with van der Waals surface area (Å²) in [6, 6.07) is -0.619. The van der Waals surface area contributed by atoms with Crippen molar-refractivity contribution in [1.82, 2.24) is 10.6 Å². The highest BCUT2D eigenvalue weighted by Crippen LogP contribution is 2.33. The van der Waals surface area contributed by atoms with Gasteiger partial charge >= 0.3 is 6.18 Å². The third kappa shape index (κ3) is 7.63. The maximum absolute atomic E-state index is 12.6. The Balaban J connectivity index is 2.67. The van der Waals surface area contributed by atoms with Crippen molar-refractivity contribution in [2.75, 3.05) is 7.11 Å². The van der Waals surface area contributed by atoms with Crippen LogP contribution >= 0.6 is 0 Å². The molecule has 0 spiro atoms. The smallest absolute Gasteiger partial charge is 0.381 e. The molecule has 25 heavy (non-hydrogen) atoms. The Morgan fingerprint density at radius 2 is 1.64 bits per heavy atom. The van der Waals surface area contributed by atoms with Crippen molar-refractivity contribution in [2.24, 2.45) is 5.41 Å². The van der Waals surface area contributed by atoms with Crippen LogP contribution in [0.15, 0.2) is 0 Å². The lowest BCUT2D eigenvalue weighted by atomic mass is 9.85. The van der Waals surface area contributed by atoms with Crippen molar-refractivity contribution in [2.45, 2.75) is 83.7 Å². The number of carbonyl (C=O) groups is 2. The van der Waals surface area contributed by atoms with Crippen LogP contribution in [0.2, 0.25) is 0 Å². The molecule has 0 bridgehead atoms. The molecule has 1 rings (SSSR count). The molecular formula is C17H29F3N2O3. The summed E-state index contributed by atoms with van der Waals surface area (Å²) < 4.78 is 43.0. The van der Waals surface area contributed by atoms with Gasteiger partial charge < -0.3 is 15.4 Å². The van der Waals surface area contributed by atoms with E-state index in [2.05, 4.69) is 10.6 Å². The zero-order valence-electron chi connectivity index (χ0n) is 15.3. The minimum absolute atomic E-state index is 0.185. The van der Waals surface area contributed by atoms with E-state index in [1.165, 1.54) is 21.0 Å². The van der Waals surface area contributed by atoms with E-state index >= 15 is 0 Å². The van der Waals surface area contributed by atoms with Crippen LogP contribution in [0.4, 0.5) is 13.2 Å². The van der Waals surface area contributed by atoms with Crippen LogP contribution in [0.25, 0.3) is 0 Å². The van der Waals surface area contributed by atoms with Gasteiger partial charge in [0, 0.05) is 19.2 Å². The number of methoxy groups -OCH3 is 1. The van der Waals surface area contributed by atoms with E-state index in [0.29, 0.717) is 12.8 Å². The number of halogens is 3. The molecule has 1 aliphatic carbocycles. The second-order valence-corrected chi connectivity index (χ2v) is 7.46. The summed E-state index contributed by atoms with van der Waals surface area (Å²) in [7, 11) is 1.52. The lowest BCUT2D eigenvalue weighted by Crippen LogP contribution is -2.55. The first-order chi connectivity index (χ1) is 11.4. The monoisotopic (exact) mass is 366 g/mol. The lowest BCUT2D eigenvalue weighted by Gasteiger charge is -2.35. The number of rotatable bonds is 7. The third-order valence-electron chi connectivity index (χ3n) is 4.56. The van der Waals surface area contributed by atoms with Crippen LogP contribution < -0.4 is 10.6 Å². The van der Waals surface area contributed by atoms with Gasteiger partial charge in [-0.25, -0.2) is 0 Å². The third-order valence-corrected chi connectivity index (χ3v) is 4.56. The highest BCUT2D eigenvalue weighted by atomic mass is 19.4. The van der Waals surface area contributed by atoms with E-state index in [9.17, 15) is 22.8 Å². The van der Waals surface area contributed by atoms with Gasteiger partial charge in [-0.3, -0.25) is 9.59 Å². The lowest BCUT2D eigenvalue weighted by molar-refractivity contribution is -0.165. The molecule has 0 saturated heterocycles. The van der Waals surface area contributed by atoms with Crippen LogP contribution in [0.3, 0.4) is 0 Å². The molecular weight excluding hydrogens is 337 g/mol. The second kappa shape index (κ2) is 8.87. The molecule has 0 aromatic heterocycles. The molecule has 2 amide bonds. The SMILES string of the molecule is COC(C)CC(=O)N[C@@H]1CCCC[C@H]1NC(=O)C(C)(C)CC(F)(F)F. The number of hydrogen-bond acceptors (Lipinski definition) is 3. The maximum atomic E-state index is 12.6. The zero-order valence-corrected chi connectivity index (χ0v) is 15.3. The van der Waals surface area contributed by atoms with E-state index in [0.717, 1.165) is 12.8 Å². The van der Waals surface area contributed by atoms with E-state index in [1.807, 2.05) is 0 Å². The molecule has 1 unspecified atom stereocenters. The van der Waals surface area contributed by atoms with E-state index in [1.54, 1.807) is 6.92 Å². The second-order valence-electron chi connectivity index (χ2n) is 7.46. The minimum Gasteiger partial charge on any atom is -0.381 e. The summed E-state index contributed by atoms with van der Waals surface area (Å²) in [5.74, 6) is -0.823. The van der Waals surface area contributed by atoms with Gasteiger partial charge in [0.05, 0.1) is 24.4 Å². The first-order valence-corrected chi connectivity index (χ1v) is 8.64. The Kier molecular flexibility index (Phi) is 7.71. The van der Waals surface area contributed by atoms with Gasteiger partial charge in [0.1, 0.15) is 0 Å². The number of amides is 2. The van der Waals surface area contributed by atoms with Gasteiger partial charge in [-0.1, -0.05) is 26.7 Å². The Labute approximate surface area is 147 Å². The van der Waals surface area contributed by atoms with Crippen molar-refractivity contribution in [3.8, 4) is 0 Å². The molecule has 1 saturated carbocycles. The fraction of sp³-hybridized carbons (Fsp3) is 0.882. The fourth-order valence-corrected chi connectivity index (χ4v) is 3.03. The molecule has 0 heterocycles. The standard InChI is InChI=1S/C17H29F3N2O3/c1-11(25-4)9-14(23)21-12-7-5-6-8-13(12)22-15(24)16(2,3)10-17(18,19)20/h11-13H,5-10H2,1-4H3,(H,21,23)(H,22,24)/t11?,12-,13-/m1/s1. The van der Waals surface area contributed by atoms with Crippen LogP contribution in [-0.2, 0) is 14.3 Å². The van der Waals surface area contributed by atoms with E-state index in [4.69, 9.17) is 4.74 Å². The summed E-state index contributed by atoms with van der Waals surface area (Å²) in [4.78, 5) is 24.4. The highest BCUT2D eigenvalue weighted by Gasteiger charge is 2.42. The Bertz CT molecular complexity index is 467. The number of ether oxygens (including phenoxy) is 1. The molecule has 1 fully saturated rings. The largest absolute Gasteiger partial charge is 0.390 e. The number of nitrogens with one attached hydrogen (secondary N) is 2. The van der Waals surface area contributed by atoms with Crippen molar-refractivity contribution in [1.29, 1.82) is 0 Å². The first-order valence-electron chi connectivity index (χ1n) is 8.64. The summed E-state index contributed by atoms with van der Waals surface area (Å²) in [6.45, 7) is 4.35. The molecule has 0 aromatic carbocycles. The van der Waals surface area contributed by atoms with Gasteiger partial charge in [0.25, 0.3) is 0 Å². The number of alkyl halides is 3. The maximum Gasteiger partial charge on any atom is 0.390 e. The Morgan fingerprint density at radius 3 is 2.12 bits per heavy atom. The summed E-state index contributed by atoms with van der Waals surface area (Å²) in [5.41, 5.74) is -1.55. The van der Waals surface area contributed by atoms with Gasteiger partial charge in [-0.15, -0.1) is 0 Å². The van der Waals surface area contributed by atoms with Crippen LogP contribution in [-0.4, -0.2) is 43.3 Å². The summed E-state index contributed by atoms with van der Waals surface area (Å²) in [5, 5.41) is 5.60. The molecule has 8 heteroatoms. The first kappa shape index (κ1) is 21.7. The van der Waals surface area contributed by atoms with Gasteiger partial charge in [0.15, 0.2) is 0 Å². The Morgan fingerprint density at radius 1 is 1.12 bits per heavy atom. The van der Waals surface area contributed by atoms with Gasteiger partial charge in [0.2, 0.25) is 11.8 Å². The zero-order chi connectivity index (χ0) is 19.3. The predicted molar refractivity (Wildman–Crippen MR) is 87.9 cm³/mol. The predicted octanol–water partition coefficient (Wildman–Crippen LogP) is 2.93. The molecule has 0 aliphatic heterocycles. The van der Waals surface area contributed by atoms with Crippen LogP contribution in [0, 0.1) is 5.41 Å².